The molecule has 0 aliphatic carbocycles. The zero-order valence-electron chi connectivity index (χ0n) is 5.71. The fourth-order valence-corrected chi connectivity index (χ4v) is 0.822. The Morgan fingerprint density at radius 2 is 2.25 bits per heavy atom. The Morgan fingerprint density at radius 3 is 2.83 bits per heavy atom. The van der Waals surface area contributed by atoms with Crippen molar-refractivity contribution >= 4 is 23.4 Å². The Bertz CT molecular complexity index is 361. The van der Waals surface area contributed by atoms with E-state index in [0.717, 1.165) is 12.1 Å². The Labute approximate surface area is 72.1 Å². The minimum absolute atomic E-state index is 0.188. The van der Waals surface area contributed by atoms with Gasteiger partial charge in [0.1, 0.15) is 17.3 Å². The third-order valence-electron chi connectivity index (χ3n) is 1.18. The molecular weight excluding hydrogens is 185 g/mol. The van der Waals surface area contributed by atoms with Crippen molar-refractivity contribution in [2.75, 3.05) is 0 Å². The van der Waals surface area contributed by atoms with Crippen molar-refractivity contribution in [2.24, 2.45) is 4.99 Å². The van der Waals surface area contributed by atoms with Gasteiger partial charge >= 0.3 is 0 Å². The Morgan fingerprint density at radius 1 is 1.58 bits per heavy atom. The average Bonchev–Trinajstić information content (AvgIpc) is 2.01. The first kappa shape index (κ1) is 8.71. The van der Waals surface area contributed by atoms with Crippen molar-refractivity contribution in [2.45, 2.75) is 0 Å². The van der Waals surface area contributed by atoms with Gasteiger partial charge in [0, 0.05) is 12.1 Å². The summed E-state index contributed by atoms with van der Waals surface area (Å²) in [5.74, 6) is -1.10. The normalized spacial score (nSPS) is 9.17. The fraction of sp³-hybridized carbons (Fsp3) is 0. The van der Waals surface area contributed by atoms with Crippen LogP contribution < -0.4 is 0 Å². The van der Waals surface area contributed by atoms with Gasteiger partial charge in [0.2, 0.25) is 6.08 Å². The molecule has 0 aromatic heterocycles. The highest BCUT2D eigenvalue weighted by Crippen LogP contribution is 2.30. The lowest BCUT2D eigenvalue weighted by atomic mass is 10.3. The minimum Gasteiger partial charge on any atom is -0.506 e. The highest BCUT2D eigenvalue weighted by molar-refractivity contribution is 6.31. The van der Waals surface area contributed by atoms with Crippen LogP contribution in [0.5, 0.6) is 5.75 Å². The molecule has 12 heavy (non-hydrogen) atoms. The lowest BCUT2D eigenvalue weighted by Gasteiger charge is -1.97. The number of nitrogens with zero attached hydrogens (tertiary/aromatic N) is 1. The first-order chi connectivity index (χ1) is 5.65. The number of carbonyl (C=O) groups excluding carboxylic acids is 1. The fourth-order valence-electron chi connectivity index (χ4n) is 0.665. The summed E-state index contributed by atoms with van der Waals surface area (Å²) in [6.45, 7) is 0. The molecule has 1 aromatic rings. The molecule has 0 heterocycles. The molecule has 0 saturated heterocycles. The Kier molecular flexibility index (Phi) is 2.43. The van der Waals surface area contributed by atoms with E-state index in [1.807, 2.05) is 0 Å². The molecule has 0 aliphatic heterocycles. The molecule has 1 aromatic carbocycles. The number of halogens is 2. The molecule has 3 nitrogen and oxygen atoms in total. The van der Waals surface area contributed by atoms with Crippen molar-refractivity contribution in [1.82, 2.24) is 0 Å². The summed E-state index contributed by atoms with van der Waals surface area (Å²) in [6, 6.07) is 1.82. The summed E-state index contributed by atoms with van der Waals surface area (Å²) < 4.78 is 12.6. The van der Waals surface area contributed by atoms with E-state index in [-0.39, 0.29) is 16.5 Å². The highest BCUT2D eigenvalue weighted by Gasteiger charge is 2.06. The number of hydrogen-bond donors (Lipinski definition) is 1. The summed E-state index contributed by atoms with van der Waals surface area (Å²) >= 11 is 5.31. The van der Waals surface area contributed by atoms with Crippen LogP contribution in [-0.2, 0) is 4.79 Å². The molecule has 0 bridgehead atoms. The van der Waals surface area contributed by atoms with Crippen molar-refractivity contribution < 1.29 is 14.3 Å². The molecule has 0 fully saturated rings. The van der Waals surface area contributed by atoms with Gasteiger partial charge in [-0.3, -0.25) is 0 Å². The zero-order chi connectivity index (χ0) is 9.14. The molecule has 0 radical (unpaired) electrons. The second-order valence-electron chi connectivity index (χ2n) is 1.96. The predicted octanol–water partition coefficient (Wildman–Crippen LogP) is 2.15. The summed E-state index contributed by atoms with van der Waals surface area (Å²) in [5, 5.41) is 8.80. The number of benzene rings is 1. The third kappa shape index (κ3) is 1.61. The van der Waals surface area contributed by atoms with E-state index in [0.29, 0.717) is 0 Å². The van der Waals surface area contributed by atoms with Gasteiger partial charge < -0.3 is 5.11 Å². The van der Waals surface area contributed by atoms with Crippen LogP contribution in [0.2, 0.25) is 5.02 Å². The monoisotopic (exact) mass is 187 g/mol. The molecule has 0 unspecified atom stereocenters. The SMILES string of the molecule is O=C=Nc1cc(F)c(Cl)cc1O. The van der Waals surface area contributed by atoms with Crippen LogP contribution in [0.25, 0.3) is 0 Å². The lowest BCUT2D eigenvalue weighted by Crippen LogP contribution is -1.76. The second kappa shape index (κ2) is 3.34. The van der Waals surface area contributed by atoms with Crippen molar-refractivity contribution in [3.05, 3.63) is 23.0 Å². The zero-order valence-corrected chi connectivity index (χ0v) is 6.47. The van der Waals surface area contributed by atoms with Crippen LogP contribution in [0.1, 0.15) is 0 Å². The molecule has 62 valence electrons. The van der Waals surface area contributed by atoms with Gasteiger partial charge in [0.05, 0.1) is 5.02 Å². The molecule has 0 amide bonds. The maximum atomic E-state index is 12.6. The van der Waals surface area contributed by atoms with E-state index in [2.05, 4.69) is 4.99 Å². The molecule has 1 N–H and O–H groups in total. The van der Waals surface area contributed by atoms with E-state index in [1.165, 1.54) is 6.08 Å². The van der Waals surface area contributed by atoms with Gasteiger partial charge in [-0.1, -0.05) is 11.6 Å². The van der Waals surface area contributed by atoms with Crippen LogP contribution in [0.3, 0.4) is 0 Å². The van der Waals surface area contributed by atoms with E-state index in [4.69, 9.17) is 16.7 Å². The summed E-state index contributed by atoms with van der Waals surface area (Å²) in [4.78, 5) is 12.8. The van der Waals surface area contributed by atoms with Crippen LogP contribution in [0.15, 0.2) is 17.1 Å². The van der Waals surface area contributed by atoms with E-state index >= 15 is 0 Å². The van der Waals surface area contributed by atoms with Crippen LogP contribution >= 0.6 is 11.6 Å². The number of phenolic OH excluding ortho intramolecular Hbond substituents is 1. The predicted molar refractivity (Wildman–Crippen MR) is 40.9 cm³/mol. The Hall–Kier alpha value is -1.38. The van der Waals surface area contributed by atoms with Crippen LogP contribution in [0.4, 0.5) is 10.1 Å². The number of phenols is 1. The first-order valence-corrected chi connectivity index (χ1v) is 3.29. The topological polar surface area (TPSA) is 49.7 Å². The first-order valence-electron chi connectivity index (χ1n) is 2.91. The number of hydrogen-bond acceptors (Lipinski definition) is 3. The Balaban J connectivity index is 3.32. The van der Waals surface area contributed by atoms with Gasteiger partial charge in [-0.2, -0.15) is 4.99 Å². The smallest absolute Gasteiger partial charge is 0.240 e. The number of rotatable bonds is 1. The van der Waals surface area contributed by atoms with Gasteiger partial charge in [-0.05, 0) is 0 Å². The van der Waals surface area contributed by atoms with Gasteiger partial charge in [-0.15, -0.1) is 0 Å². The third-order valence-corrected chi connectivity index (χ3v) is 1.47. The number of aliphatic imine (C=N–C) groups is 1. The molecule has 0 saturated carbocycles. The van der Waals surface area contributed by atoms with Crippen LogP contribution in [-0.4, -0.2) is 11.2 Å². The van der Waals surface area contributed by atoms with Crippen LogP contribution in [0, 0.1) is 5.82 Å². The van der Waals surface area contributed by atoms with Crippen molar-refractivity contribution in [3.63, 3.8) is 0 Å². The maximum absolute atomic E-state index is 12.6. The number of isocyanates is 1. The number of aromatic hydroxyl groups is 1. The second-order valence-corrected chi connectivity index (χ2v) is 2.37. The largest absolute Gasteiger partial charge is 0.506 e. The minimum atomic E-state index is -0.747. The quantitative estimate of drug-likeness (QED) is 0.541. The highest BCUT2D eigenvalue weighted by atomic mass is 35.5. The van der Waals surface area contributed by atoms with Gasteiger partial charge in [0.15, 0.2) is 0 Å². The van der Waals surface area contributed by atoms with Gasteiger partial charge in [0.25, 0.3) is 0 Å². The average molecular weight is 188 g/mol. The van der Waals surface area contributed by atoms with Crippen molar-refractivity contribution in [3.8, 4) is 5.75 Å². The maximum Gasteiger partial charge on any atom is 0.240 e. The molecule has 0 aliphatic rings. The lowest BCUT2D eigenvalue weighted by molar-refractivity contribution is 0.474. The van der Waals surface area contributed by atoms with E-state index < -0.39 is 5.82 Å². The molecule has 0 atom stereocenters. The molecular formula is C7H3ClFNO2. The van der Waals surface area contributed by atoms with Crippen molar-refractivity contribution in [1.29, 1.82) is 0 Å². The molecule has 5 heteroatoms. The van der Waals surface area contributed by atoms with E-state index in [1.54, 1.807) is 0 Å². The molecule has 1 rings (SSSR count). The van der Waals surface area contributed by atoms with E-state index in [9.17, 15) is 9.18 Å². The van der Waals surface area contributed by atoms with Gasteiger partial charge in [-0.25, -0.2) is 9.18 Å². The standard InChI is InChI=1S/C7H3ClFNO2/c8-4-1-7(12)6(10-3-11)2-5(4)9/h1-2,12H. The summed E-state index contributed by atoms with van der Waals surface area (Å²) in [7, 11) is 0. The summed E-state index contributed by atoms with van der Waals surface area (Å²) in [6.07, 6.45) is 1.18. The molecule has 0 spiro atoms. The summed E-state index contributed by atoms with van der Waals surface area (Å²) in [5.41, 5.74) is -0.188.